The van der Waals surface area contributed by atoms with Crippen molar-refractivity contribution in [3.63, 3.8) is 0 Å². The number of carboxylic acids is 1. The summed E-state index contributed by atoms with van der Waals surface area (Å²) < 4.78 is 0. The van der Waals surface area contributed by atoms with Gasteiger partial charge in [-0.15, -0.1) is 0 Å². The summed E-state index contributed by atoms with van der Waals surface area (Å²) in [5, 5.41) is 20.7. The third-order valence-electron chi connectivity index (χ3n) is 2.31. The summed E-state index contributed by atoms with van der Waals surface area (Å²) in [7, 11) is 0. The topological polar surface area (TPSA) is 115 Å². The molecule has 1 unspecified atom stereocenters. The van der Waals surface area contributed by atoms with Crippen LogP contribution >= 0.6 is 0 Å². The Labute approximate surface area is 89.8 Å². The summed E-state index contributed by atoms with van der Waals surface area (Å²) >= 11 is 0. The molecule has 0 bridgehead atoms. The van der Waals surface area contributed by atoms with Crippen molar-refractivity contribution < 1.29 is 19.8 Å². The maximum atomic E-state index is 11.2. The highest BCUT2D eigenvalue weighted by atomic mass is 16.4. The number of imidazole rings is 1. The van der Waals surface area contributed by atoms with Gasteiger partial charge in [0.25, 0.3) is 5.91 Å². The van der Waals surface area contributed by atoms with Gasteiger partial charge in [-0.25, -0.2) is 9.78 Å². The van der Waals surface area contributed by atoms with Crippen LogP contribution in [0.5, 0.6) is 0 Å². The number of hydrogen-bond donors (Lipinski definition) is 4. The highest BCUT2D eigenvalue weighted by Gasteiger charge is 2.36. The first-order valence-electron chi connectivity index (χ1n) is 4.54. The second kappa shape index (κ2) is 3.69. The zero-order chi connectivity index (χ0) is 11.7. The number of amides is 1. The minimum absolute atomic E-state index is 0.272. The number of aliphatic hydroxyl groups excluding tert-OH is 1. The van der Waals surface area contributed by atoms with E-state index in [1.165, 1.54) is 12.5 Å². The van der Waals surface area contributed by atoms with Gasteiger partial charge in [-0.1, -0.05) is 0 Å². The molecular weight excluding hydrogens is 214 g/mol. The van der Waals surface area contributed by atoms with Crippen LogP contribution in [0.1, 0.15) is 5.69 Å². The van der Waals surface area contributed by atoms with Crippen LogP contribution in [0, 0.1) is 0 Å². The number of carboxylic acid groups (broad SMARTS) is 1. The van der Waals surface area contributed by atoms with Crippen LogP contribution < -0.4 is 5.32 Å². The predicted molar refractivity (Wildman–Crippen MR) is 51.5 cm³/mol. The van der Waals surface area contributed by atoms with Crippen molar-refractivity contribution in [1.82, 2.24) is 15.3 Å². The molecule has 1 aliphatic rings. The SMILES string of the molecule is O=C(O)C1=C(O)C(Cc2cnc[nH]2)NC1=O. The predicted octanol–water partition coefficient (Wildman–Crippen LogP) is -0.653. The molecule has 0 saturated carbocycles. The molecule has 0 spiro atoms. The second-order valence-electron chi connectivity index (χ2n) is 3.37. The number of nitrogens with one attached hydrogen (secondary N) is 2. The van der Waals surface area contributed by atoms with Crippen LogP contribution in [0.4, 0.5) is 0 Å². The van der Waals surface area contributed by atoms with E-state index in [-0.39, 0.29) is 6.42 Å². The Morgan fingerprint density at radius 2 is 2.31 bits per heavy atom. The molecule has 0 aliphatic carbocycles. The quantitative estimate of drug-likeness (QED) is 0.508. The van der Waals surface area contributed by atoms with Crippen LogP contribution in [-0.2, 0) is 16.0 Å². The highest BCUT2D eigenvalue weighted by Crippen LogP contribution is 2.17. The van der Waals surface area contributed by atoms with Crippen LogP contribution in [0.2, 0.25) is 0 Å². The molecular formula is C9H9N3O4. The summed E-state index contributed by atoms with van der Waals surface area (Å²) in [6, 6.07) is -0.709. The van der Waals surface area contributed by atoms with Gasteiger partial charge in [-0.2, -0.15) is 0 Å². The number of rotatable bonds is 3. The summed E-state index contributed by atoms with van der Waals surface area (Å²) in [5.74, 6) is -2.64. The molecule has 0 aromatic carbocycles. The van der Waals surface area contributed by atoms with Crippen LogP contribution in [0.25, 0.3) is 0 Å². The molecule has 1 atom stereocenters. The molecule has 1 aromatic rings. The average Bonchev–Trinajstić information content (AvgIpc) is 2.76. The fourth-order valence-electron chi connectivity index (χ4n) is 1.56. The Hall–Kier alpha value is -2.31. The van der Waals surface area contributed by atoms with Crippen molar-refractivity contribution in [2.75, 3.05) is 0 Å². The van der Waals surface area contributed by atoms with Gasteiger partial charge in [0, 0.05) is 18.3 Å². The second-order valence-corrected chi connectivity index (χ2v) is 3.37. The lowest BCUT2D eigenvalue weighted by Gasteiger charge is -2.08. The number of carbonyl (C=O) groups excluding carboxylic acids is 1. The van der Waals surface area contributed by atoms with E-state index in [0.717, 1.165) is 0 Å². The highest BCUT2D eigenvalue weighted by molar-refractivity contribution is 6.18. The largest absolute Gasteiger partial charge is 0.509 e. The van der Waals surface area contributed by atoms with Crippen LogP contribution in [-0.4, -0.2) is 38.1 Å². The molecule has 1 aliphatic heterocycles. The van der Waals surface area contributed by atoms with Gasteiger partial charge < -0.3 is 20.5 Å². The third-order valence-corrected chi connectivity index (χ3v) is 2.31. The van der Waals surface area contributed by atoms with Crippen molar-refractivity contribution in [2.24, 2.45) is 0 Å². The molecule has 1 aromatic heterocycles. The lowest BCUT2D eigenvalue weighted by Crippen LogP contribution is -2.31. The standard InChI is InChI=1S/C9H9N3O4/c13-7-5(1-4-2-10-3-11-4)12-8(14)6(7)9(15)16/h2-3,5,13H,1H2,(H,10,11)(H,12,14)(H,15,16). The van der Waals surface area contributed by atoms with Crippen molar-refractivity contribution >= 4 is 11.9 Å². The van der Waals surface area contributed by atoms with E-state index >= 15 is 0 Å². The number of aliphatic carboxylic acids is 1. The number of nitrogens with zero attached hydrogens (tertiary/aromatic N) is 1. The lowest BCUT2D eigenvalue weighted by atomic mass is 10.1. The van der Waals surface area contributed by atoms with E-state index in [1.54, 1.807) is 0 Å². The molecule has 0 fully saturated rings. The first-order valence-corrected chi connectivity index (χ1v) is 4.54. The van der Waals surface area contributed by atoms with Gasteiger partial charge in [0.05, 0.1) is 12.4 Å². The molecule has 1 amide bonds. The minimum atomic E-state index is -1.43. The summed E-state index contributed by atoms with van der Waals surface area (Å²) in [6.45, 7) is 0. The molecule has 7 nitrogen and oxygen atoms in total. The Balaban J connectivity index is 2.20. The Kier molecular flexibility index (Phi) is 2.35. The number of H-pyrrole nitrogens is 1. The zero-order valence-electron chi connectivity index (χ0n) is 8.10. The number of carbonyl (C=O) groups is 2. The van der Waals surface area contributed by atoms with Crippen LogP contribution in [0.15, 0.2) is 23.9 Å². The maximum absolute atomic E-state index is 11.2. The van der Waals surface area contributed by atoms with E-state index in [9.17, 15) is 14.7 Å². The van der Waals surface area contributed by atoms with Gasteiger partial charge >= 0.3 is 5.97 Å². The molecule has 0 saturated heterocycles. The molecule has 16 heavy (non-hydrogen) atoms. The zero-order valence-corrected chi connectivity index (χ0v) is 8.10. The average molecular weight is 223 g/mol. The van der Waals surface area contributed by atoms with E-state index < -0.39 is 29.3 Å². The number of aromatic amines is 1. The summed E-state index contributed by atoms with van der Waals surface area (Å²) in [5.41, 5.74) is 0.105. The molecule has 84 valence electrons. The van der Waals surface area contributed by atoms with Gasteiger partial charge in [0.2, 0.25) is 0 Å². The fourth-order valence-corrected chi connectivity index (χ4v) is 1.56. The van der Waals surface area contributed by atoms with Gasteiger partial charge in [0.1, 0.15) is 5.76 Å². The molecule has 4 N–H and O–H groups in total. The van der Waals surface area contributed by atoms with Crippen molar-refractivity contribution in [1.29, 1.82) is 0 Å². The van der Waals surface area contributed by atoms with E-state index in [0.29, 0.717) is 5.69 Å². The number of aromatic nitrogens is 2. The maximum Gasteiger partial charge on any atom is 0.344 e. The monoisotopic (exact) mass is 223 g/mol. The van der Waals surface area contributed by atoms with Gasteiger partial charge in [-0.3, -0.25) is 4.79 Å². The minimum Gasteiger partial charge on any atom is -0.509 e. The Morgan fingerprint density at radius 3 is 2.81 bits per heavy atom. The molecule has 7 heteroatoms. The first kappa shape index (κ1) is 10.2. The van der Waals surface area contributed by atoms with E-state index in [1.807, 2.05) is 0 Å². The van der Waals surface area contributed by atoms with Crippen molar-refractivity contribution in [3.8, 4) is 0 Å². The van der Waals surface area contributed by atoms with Crippen molar-refractivity contribution in [2.45, 2.75) is 12.5 Å². The smallest absolute Gasteiger partial charge is 0.344 e. The molecule has 2 heterocycles. The first-order chi connectivity index (χ1) is 7.59. The van der Waals surface area contributed by atoms with Crippen molar-refractivity contribution in [3.05, 3.63) is 29.6 Å². The Morgan fingerprint density at radius 1 is 1.56 bits per heavy atom. The number of hydrogen-bond acceptors (Lipinski definition) is 4. The molecule has 0 radical (unpaired) electrons. The fraction of sp³-hybridized carbons (Fsp3) is 0.222. The van der Waals surface area contributed by atoms with Gasteiger partial charge in [-0.05, 0) is 0 Å². The van der Waals surface area contributed by atoms with E-state index in [4.69, 9.17) is 5.11 Å². The van der Waals surface area contributed by atoms with E-state index in [2.05, 4.69) is 15.3 Å². The summed E-state index contributed by atoms with van der Waals surface area (Å²) in [4.78, 5) is 28.5. The Bertz CT molecular complexity index is 463. The normalized spacial score (nSPS) is 20.0. The lowest BCUT2D eigenvalue weighted by molar-refractivity contribution is -0.134. The number of aliphatic hydroxyl groups is 1. The third kappa shape index (κ3) is 1.62. The van der Waals surface area contributed by atoms with Crippen LogP contribution in [0.3, 0.4) is 0 Å². The summed E-state index contributed by atoms with van der Waals surface area (Å²) in [6.07, 6.45) is 3.28. The van der Waals surface area contributed by atoms with Gasteiger partial charge in [0.15, 0.2) is 5.57 Å². The molecule has 2 rings (SSSR count).